The molecule has 0 spiro atoms. The van der Waals surface area contributed by atoms with E-state index in [4.69, 9.17) is 28.7 Å². The quantitative estimate of drug-likeness (QED) is 0.239. The van der Waals surface area contributed by atoms with Gasteiger partial charge >= 0.3 is 7.82 Å². The Hall–Kier alpha value is -4.00. The van der Waals surface area contributed by atoms with Gasteiger partial charge in [0.15, 0.2) is 47.4 Å². The number of aliphatic hydroxyl groups excluding tert-OH is 2. The van der Waals surface area contributed by atoms with Crippen molar-refractivity contribution in [3.05, 3.63) is 65.2 Å². The van der Waals surface area contributed by atoms with Gasteiger partial charge in [0.2, 0.25) is 5.78 Å². The molecule has 206 valence electrons. The Kier molecular flexibility index (Phi) is 6.79. The zero-order valence-electron chi connectivity index (χ0n) is 20.1. The first-order valence-electron chi connectivity index (χ1n) is 11.4. The fourth-order valence-electron chi connectivity index (χ4n) is 4.46. The summed E-state index contributed by atoms with van der Waals surface area (Å²) in [6.07, 6.45) is -4.68. The van der Waals surface area contributed by atoms with Gasteiger partial charge in [-0.1, -0.05) is 12.1 Å². The van der Waals surface area contributed by atoms with Crippen LogP contribution in [0.1, 0.15) is 33.7 Å². The predicted molar refractivity (Wildman–Crippen MR) is 130 cm³/mol. The first-order valence-corrected chi connectivity index (χ1v) is 13.0. The van der Waals surface area contributed by atoms with Gasteiger partial charge in [-0.25, -0.2) is 4.57 Å². The van der Waals surface area contributed by atoms with Crippen LogP contribution in [0, 0.1) is 0 Å². The van der Waals surface area contributed by atoms with Crippen LogP contribution in [0.5, 0.6) is 40.2 Å². The lowest BCUT2D eigenvalue weighted by molar-refractivity contribution is -0.0130. The number of phosphoric acid groups is 1. The number of ether oxygens (including phenoxy) is 4. The molecule has 0 amide bonds. The van der Waals surface area contributed by atoms with Crippen molar-refractivity contribution < 1.29 is 63.0 Å². The summed E-state index contributed by atoms with van der Waals surface area (Å²) in [5, 5.41) is 40.8. The van der Waals surface area contributed by atoms with Crippen molar-refractivity contribution in [2.45, 2.75) is 24.4 Å². The number of phosphoric ester groups is 1. The zero-order valence-corrected chi connectivity index (χ0v) is 21.0. The number of methoxy groups -OCH3 is 1. The molecule has 5 rings (SSSR count). The fraction of sp³-hybridized carbons (Fsp3) is 0.240. The molecule has 13 nitrogen and oxygen atoms in total. The van der Waals surface area contributed by atoms with Gasteiger partial charge in [0, 0.05) is 17.7 Å². The number of benzene rings is 3. The summed E-state index contributed by atoms with van der Waals surface area (Å²) < 4.78 is 38.7. The van der Waals surface area contributed by atoms with Crippen molar-refractivity contribution in [2.75, 3.05) is 13.7 Å². The third-order valence-electron chi connectivity index (χ3n) is 6.21. The minimum atomic E-state index is -4.98. The number of phenolic OH excluding ortho intramolecular Hbond substituents is 2. The van der Waals surface area contributed by atoms with Crippen molar-refractivity contribution in [3.8, 4) is 40.2 Å². The highest BCUT2D eigenvalue weighted by Gasteiger charge is 2.41. The average molecular weight is 562 g/mol. The molecule has 0 radical (unpaired) electrons. The number of ketones is 1. The molecule has 39 heavy (non-hydrogen) atoms. The van der Waals surface area contributed by atoms with E-state index in [2.05, 4.69) is 4.52 Å². The molecule has 0 fully saturated rings. The summed E-state index contributed by atoms with van der Waals surface area (Å²) in [4.78, 5) is 31.1. The van der Waals surface area contributed by atoms with E-state index >= 15 is 0 Å². The van der Waals surface area contributed by atoms with Crippen LogP contribution in [0.25, 0.3) is 0 Å². The fourth-order valence-corrected chi connectivity index (χ4v) is 4.84. The highest BCUT2D eigenvalue weighted by molar-refractivity contribution is 7.46. The molecule has 6 N–H and O–H groups in total. The number of rotatable bonds is 6. The molecular formula is C25H23O13P. The Morgan fingerprint density at radius 2 is 1.56 bits per heavy atom. The first kappa shape index (κ1) is 26.6. The van der Waals surface area contributed by atoms with Gasteiger partial charge in [0.1, 0.15) is 22.8 Å². The smallest absolute Gasteiger partial charge is 0.507 e. The van der Waals surface area contributed by atoms with Crippen molar-refractivity contribution >= 4 is 13.6 Å². The molecule has 4 atom stereocenters. The number of carbonyl (C=O) groups is 1. The molecular weight excluding hydrogens is 539 g/mol. The van der Waals surface area contributed by atoms with Crippen LogP contribution in [-0.2, 0) is 4.57 Å². The van der Waals surface area contributed by atoms with Crippen LogP contribution in [0.3, 0.4) is 0 Å². The Labute approximate surface area is 220 Å². The Bertz CT molecular complexity index is 1480. The van der Waals surface area contributed by atoms with Crippen LogP contribution in [-0.4, -0.2) is 61.9 Å². The van der Waals surface area contributed by atoms with Crippen LogP contribution in [0.4, 0.5) is 0 Å². The van der Waals surface area contributed by atoms with Crippen molar-refractivity contribution in [3.63, 3.8) is 0 Å². The van der Waals surface area contributed by atoms with Gasteiger partial charge in [-0.15, -0.1) is 0 Å². The van der Waals surface area contributed by atoms with E-state index in [0.29, 0.717) is 5.56 Å². The van der Waals surface area contributed by atoms with Crippen molar-refractivity contribution in [2.24, 2.45) is 0 Å². The number of hydrogen-bond acceptors (Lipinski definition) is 11. The van der Waals surface area contributed by atoms with Gasteiger partial charge in [-0.05, 0) is 29.8 Å². The summed E-state index contributed by atoms with van der Waals surface area (Å²) in [5.41, 5.74) is 0.432. The Morgan fingerprint density at radius 3 is 2.26 bits per heavy atom. The lowest BCUT2D eigenvalue weighted by atomic mass is 9.92. The summed E-state index contributed by atoms with van der Waals surface area (Å²) in [7, 11) is -3.59. The largest absolute Gasteiger partial charge is 0.524 e. The average Bonchev–Trinajstić information content (AvgIpc) is 2.88. The van der Waals surface area contributed by atoms with E-state index in [-0.39, 0.29) is 39.9 Å². The minimum absolute atomic E-state index is 0.0880. The van der Waals surface area contributed by atoms with Gasteiger partial charge in [0.25, 0.3) is 0 Å². The van der Waals surface area contributed by atoms with Gasteiger partial charge in [-0.2, -0.15) is 0 Å². The molecule has 2 aliphatic heterocycles. The Balaban J connectivity index is 1.48. The molecule has 3 aromatic carbocycles. The van der Waals surface area contributed by atoms with Crippen LogP contribution in [0.2, 0.25) is 0 Å². The van der Waals surface area contributed by atoms with Gasteiger partial charge < -0.3 is 43.9 Å². The maximum atomic E-state index is 12.9. The normalized spacial score (nSPS) is 22.0. The number of fused-ring (bicyclic) bond motifs is 2. The van der Waals surface area contributed by atoms with E-state index in [1.54, 1.807) is 6.07 Å². The second kappa shape index (κ2) is 9.95. The van der Waals surface area contributed by atoms with Crippen molar-refractivity contribution in [1.29, 1.82) is 0 Å². The Morgan fingerprint density at radius 1 is 0.872 bits per heavy atom. The van der Waals surface area contributed by atoms with E-state index in [0.717, 1.165) is 12.1 Å². The highest BCUT2D eigenvalue weighted by atomic mass is 31.2. The molecule has 2 heterocycles. The number of aliphatic hydroxyl groups is 2. The number of aromatic hydroxyl groups is 2. The van der Waals surface area contributed by atoms with Crippen LogP contribution >= 0.6 is 7.82 Å². The lowest BCUT2D eigenvalue weighted by Gasteiger charge is -2.35. The molecule has 0 bridgehead atoms. The summed E-state index contributed by atoms with van der Waals surface area (Å²) in [5.74, 6) is -1.72. The molecule has 0 saturated carbocycles. The molecule has 0 saturated heterocycles. The maximum Gasteiger partial charge on any atom is 0.524 e. The van der Waals surface area contributed by atoms with Crippen molar-refractivity contribution in [1.82, 2.24) is 0 Å². The second-order valence-electron chi connectivity index (χ2n) is 8.76. The minimum Gasteiger partial charge on any atom is -0.507 e. The maximum absolute atomic E-state index is 12.9. The number of Topliss-reactive ketones (excluding diaryl/α,β-unsaturated/α-hetero) is 1. The van der Waals surface area contributed by atoms with Gasteiger partial charge in [-0.3, -0.25) is 14.6 Å². The summed E-state index contributed by atoms with van der Waals surface area (Å²) in [6, 6.07) is 10.8. The lowest BCUT2D eigenvalue weighted by Crippen LogP contribution is -2.37. The molecule has 0 aliphatic carbocycles. The summed E-state index contributed by atoms with van der Waals surface area (Å²) in [6.45, 7) is -0.396. The van der Waals surface area contributed by atoms with E-state index < -0.39 is 56.1 Å². The molecule has 0 unspecified atom stereocenters. The standard InChI is InChI=1S/C25H23O13P/c1-34-17-6-11(2-4-14(17)27)24-20(10-26)35-16-5-3-12(7-18(16)36-24)25-23(30)22(29)21-15(28)8-13(9-19(21)37-25)38-39(31,32)33/h2-9,20,23-28,30H,10H2,1H3,(H2,31,32,33)/t20-,23+,24-,25-/m0/s1. The van der Waals surface area contributed by atoms with E-state index in [1.807, 2.05) is 0 Å². The summed E-state index contributed by atoms with van der Waals surface area (Å²) >= 11 is 0. The third kappa shape index (κ3) is 5.05. The van der Waals surface area contributed by atoms with Crippen LogP contribution < -0.4 is 23.5 Å². The zero-order chi connectivity index (χ0) is 28.1. The van der Waals surface area contributed by atoms with E-state index in [9.17, 15) is 29.8 Å². The topological polar surface area (TPSA) is 202 Å². The molecule has 2 aliphatic rings. The monoisotopic (exact) mass is 562 g/mol. The van der Waals surface area contributed by atoms with Gasteiger partial charge in [0.05, 0.1) is 13.7 Å². The molecule has 3 aromatic rings. The molecule has 14 heteroatoms. The number of carbonyl (C=O) groups excluding carboxylic acids is 1. The molecule has 0 aromatic heterocycles. The SMILES string of the molecule is COc1cc([C@@H]2Oc3cc([C@@H]4Oc5cc(OP(=O)(O)O)cc(O)c5C(=O)[C@H]4O)ccc3O[C@H]2CO)ccc1O. The third-order valence-corrected chi connectivity index (χ3v) is 6.66. The highest BCUT2D eigenvalue weighted by Crippen LogP contribution is 2.47. The predicted octanol–water partition coefficient (Wildman–Crippen LogP) is 2.13. The van der Waals surface area contributed by atoms with Crippen LogP contribution in [0.15, 0.2) is 48.5 Å². The number of hydrogen-bond donors (Lipinski definition) is 6. The first-order chi connectivity index (χ1) is 18.5. The second-order valence-corrected chi connectivity index (χ2v) is 9.92. The van der Waals surface area contributed by atoms with E-state index in [1.165, 1.54) is 37.4 Å². The number of phenols is 2.